The summed E-state index contributed by atoms with van der Waals surface area (Å²) < 4.78 is 2.56. The average Bonchev–Trinajstić information content (AvgIpc) is 2.79. The molecule has 0 radical (unpaired) electrons. The lowest BCUT2D eigenvalue weighted by Gasteiger charge is -2.07. The molecule has 1 amide bonds. The number of carboxylic acids is 1. The van der Waals surface area contributed by atoms with Crippen LogP contribution < -0.4 is 5.32 Å². The number of rotatable bonds is 6. The number of imidazole rings is 1. The van der Waals surface area contributed by atoms with E-state index in [0.29, 0.717) is 22.9 Å². The Morgan fingerprint density at radius 2 is 2.29 bits per heavy atom. The number of halogens is 1. The molecule has 112 valence electrons. The highest BCUT2D eigenvalue weighted by atomic mass is 79.9. The van der Waals surface area contributed by atoms with Crippen LogP contribution in [0.25, 0.3) is 11.2 Å². The van der Waals surface area contributed by atoms with Gasteiger partial charge in [0.1, 0.15) is 5.52 Å². The van der Waals surface area contributed by atoms with Gasteiger partial charge in [-0.15, -0.1) is 0 Å². The SMILES string of the molecule is CNC(=O)CCn1c(SCC(=O)O)nc2cc(Br)cnc21. The Bertz CT molecular complexity index is 688. The fraction of sp³-hybridized carbons (Fsp3) is 0.333. The number of carboxylic acid groups (broad SMARTS) is 1. The Morgan fingerprint density at radius 1 is 1.52 bits per heavy atom. The molecular formula is C12H13BrN4O3S. The van der Waals surface area contributed by atoms with Crippen molar-refractivity contribution in [1.29, 1.82) is 0 Å². The third kappa shape index (κ3) is 3.94. The van der Waals surface area contributed by atoms with Crippen LogP contribution in [0.15, 0.2) is 21.9 Å². The van der Waals surface area contributed by atoms with Crippen molar-refractivity contribution in [3.05, 3.63) is 16.7 Å². The van der Waals surface area contributed by atoms with Gasteiger partial charge in [0.25, 0.3) is 0 Å². The first-order chi connectivity index (χ1) is 10.0. The normalized spacial score (nSPS) is 10.8. The summed E-state index contributed by atoms with van der Waals surface area (Å²) in [6.07, 6.45) is 1.92. The molecule has 0 fully saturated rings. The predicted molar refractivity (Wildman–Crippen MR) is 82.3 cm³/mol. The minimum atomic E-state index is -0.918. The van der Waals surface area contributed by atoms with Crippen LogP contribution in [-0.2, 0) is 16.1 Å². The van der Waals surface area contributed by atoms with Gasteiger partial charge >= 0.3 is 5.97 Å². The number of hydrogen-bond acceptors (Lipinski definition) is 5. The molecule has 2 heterocycles. The maximum absolute atomic E-state index is 11.4. The zero-order chi connectivity index (χ0) is 15.4. The molecule has 21 heavy (non-hydrogen) atoms. The summed E-state index contributed by atoms with van der Waals surface area (Å²) in [5.74, 6) is -1.10. The van der Waals surface area contributed by atoms with E-state index in [2.05, 4.69) is 31.2 Å². The van der Waals surface area contributed by atoms with Gasteiger partial charge in [0.2, 0.25) is 5.91 Å². The molecule has 0 aliphatic rings. The van der Waals surface area contributed by atoms with Crippen LogP contribution in [0.2, 0.25) is 0 Å². The highest BCUT2D eigenvalue weighted by molar-refractivity contribution is 9.10. The summed E-state index contributed by atoms with van der Waals surface area (Å²) in [6.45, 7) is 0.396. The van der Waals surface area contributed by atoms with Crippen molar-refractivity contribution < 1.29 is 14.7 Å². The molecule has 0 aliphatic heterocycles. The summed E-state index contributed by atoms with van der Waals surface area (Å²) in [7, 11) is 1.57. The first-order valence-corrected chi connectivity index (χ1v) is 7.86. The van der Waals surface area contributed by atoms with Crippen LogP contribution in [0.4, 0.5) is 0 Å². The largest absolute Gasteiger partial charge is 0.481 e. The molecule has 0 saturated heterocycles. The minimum absolute atomic E-state index is 0.0928. The van der Waals surface area contributed by atoms with E-state index in [9.17, 15) is 9.59 Å². The van der Waals surface area contributed by atoms with E-state index in [1.54, 1.807) is 17.8 Å². The average molecular weight is 373 g/mol. The summed E-state index contributed by atoms with van der Waals surface area (Å²) in [4.78, 5) is 30.8. The molecule has 0 bridgehead atoms. The van der Waals surface area contributed by atoms with Gasteiger partial charge in [-0.25, -0.2) is 9.97 Å². The predicted octanol–water partition coefficient (Wildman–Crippen LogP) is 1.51. The Morgan fingerprint density at radius 3 is 2.95 bits per heavy atom. The van der Waals surface area contributed by atoms with Gasteiger partial charge in [0.05, 0.1) is 5.75 Å². The Labute approximate surface area is 133 Å². The number of aryl methyl sites for hydroxylation is 1. The molecule has 0 aromatic carbocycles. The molecule has 0 saturated carbocycles. The lowest BCUT2D eigenvalue weighted by atomic mass is 10.4. The Kier molecular flexibility index (Phi) is 5.18. The Hall–Kier alpha value is -1.61. The van der Waals surface area contributed by atoms with E-state index in [1.807, 2.05) is 6.07 Å². The zero-order valence-corrected chi connectivity index (χ0v) is 13.6. The van der Waals surface area contributed by atoms with E-state index in [1.165, 1.54) is 0 Å². The maximum atomic E-state index is 11.4. The van der Waals surface area contributed by atoms with Gasteiger partial charge in [-0.3, -0.25) is 9.59 Å². The second-order valence-electron chi connectivity index (χ2n) is 4.15. The minimum Gasteiger partial charge on any atom is -0.481 e. The number of fused-ring (bicyclic) bond motifs is 1. The zero-order valence-electron chi connectivity index (χ0n) is 11.2. The van der Waals surface area contributed by atoms with Crippen LogP contribution >= 0.6 is 27.7 Å². The van der Waals surface area contributed by atoms with Gasteiger partial charge in [-0.05, 0) is 22.0 Å². The number of carbonyl (C=O) groups is 2. The third-order valence-corrected chi connectivity index (χ3v) is 4.08. The number of carbonyl (C=O) groups excluding carboxylic acids is 1. The maximum Gasteiger partial charge on any atom is 0.313 e. The van der Waals surface area contributed by atoms with Gasteiger partial charge < -0.3 is 15.0 Å². The fourth-order valence-corrected chi connectivity index (χ4v) is 2.81. The molecule has 7 nitrogen and oxygen atoms in total. The topological polar surface area (TPSA) is 97.1 Å². The smallest absolute Gasteiger partial charge is 0.313 e. The van der Waals surface area contributed by atoms with Crippen LogP contribution in [0, 0.1) is 0 Å². The molecule has 2 aromatic heterocycles. The molecule has 9 heteroatoms. The fourth-order valence-electron chi connectivity index (χ4n) is 1.74. The van der Waals surface area contributed by atoms with Crippen molar-refractivity contribution in [2.75, 3.05) is 12.8 Å². The Balaban J connectivity index is 2.34. The summed E-state index contributed by atoms with van der Waals surface area (Å²) in [5.41, 5.74) is 1.30. The van der Waals surface area contributed by atoms with E-state index in [0.717, 1.165) is 16.2 Å². The van der Waals surface area contributed by atoms with Crippen molar-refractivity contribution in [3.63, 3.8) is 0 Å². The number of pyridine rings is 1. The second-order valence-corrected chi connectivity index (χ2v) is 6.01. The number of nitrogens with one attached hydrogen (secondary N) is 1. The lowest BCUT2D eigenvalue weighted by molar-refractivity contribution is -0.134. The molecule has 0 aliphatic carbocycles. The molecule has 2 aromatic rings. The number of aliphatic carboxylic acids is 1. The standard InChI is InChI=1S/C12H13BrN4O3S/c1-14-9(18)2-3-17-11-8(4-7(13)5-15-11)16-12(17)21-6-10(19)20/h4-5H,2-3,6H2,1H3,(H,14,18)(H,19,20). The van der Waals surface area contributed by atoms with Crippen molar-refractivity contribution >= 4 is 50.7 Å². The second kappa shape index (κ2) is 6.90. The van der Waals surface area contributed by atoms with E-state index in [4.69, 9.17) is 5.11 Å². The van der Waals surface area contributed by atoms with Crippen LogP contribution in [0.3, 0.4) is 0 Å². The summed E-state index contributed by atoms with van der Waals surface area (Å²) in [6, 6.07) is 1.81. The van der Waals surface area contributed by atoms with E-state index < -0.39 is 5.97 Å². The van der Waals surface area contributed by atoms with Crippen molar-refractivity contribution in [2.45, 2.75) is 18.1 Å². The monoisotopic (exact) mass is 372 g/mol. The van der Waals surface area contributed by atoms with Crippen molar-refractivity contribution in [1.82, 2.24) is 19.9 Å². The first-order valence-electron chi connectivity index (χ1n) is 6.08. The van der Waals surface area contributed by atoms with E-state index >= 15 is 0 Å². The van der Waals surface area contributed by atoms with Gasteiger partial charge in [0, 0.05) is 30.7 Å². The first kappa shape index (κ1) is 15.8. The van der Waals surface area contributed by atoms with E-state index in [-0.39, 0.29) is 18.1 Å². The number of amides is 1. The number of nitrogens with zero attached hydrogens (tertiary/aromatic N) is 3. The van der Waals surface area contributed by atoms with Crippen LogP contribution in [0.5, 0.6) is 0 Å². The van der Waals surface area contributed by atoms with Crippen molar-refractivity contribution in [3.8, 4) is 0 Å². The summed E-state index contributed by atoms with van der Waals surface area (Å²) in [5, 5.41) is 11.9. The summed E-state index contributed by atoms with van der Waals surface area (Å²) >= 11 is 4.44. The number of thioether (sulfide) groups is 1. The molecular weight excluding hydrogens is 360 g/mol. The van der Waals surface area contributed by atoms with Gasteiger partial charge in [0.15, 0.2) is 10.8 Å². The molecule has 0 unspecified atom stereocenters. The van der Waals surface area contributed by atoms with Crippen LogP contribution in [-0.4, -0.2) is 44.3 Å². The lowest BCUT2D eigenvalue weighted by Crippen LogP contribution is -2.19. The quantitative estimate of drug-likeness (QED) is 0.745. The van der Waals surface area contributed by atoms with Crippen molar-refractivity contribution in [2.24, 2.45) is 0 Å². The molecule has 0 spiro atoms. The number of aromatic nitrogens is 3. The van der Waals surface area contributed by atoms with Gasteiger partial charge in [-0.2, -0.15) is 0 Å². The molecule has 2 N–H and O–H groups in total. The highest BCUT2D eigenvalue weighted by Crippen LogP contribution is 2.25. The molecule has 2 rings (SSSR count). The molecule has 0 atom stereocenters. The van der Waals surface area contributed by atoms with Gasteiger partial charge in [-0.1, -0.05) is 11.8 Å². The number of hydrogen-bond donors (Lipinski definition) is 2. The van der Waals surface area contributed by atoms with Crippen LogP contribution in [0.1, 0.15) is 6.42 Å². The third-order valence-electron chi connectivity index (χ3n) is 2.68. The highest BCUT2D eigenvalue weighted by Gasteiger charge is 2.15.